The molecule has 0 heterocycles. The second kappa shape index (κ2) is 8.43. The van der Waals surface area contributed by atoms with Crippen molar-refractivity contribution in [2.75, 3.05) is 13.2 Å². The third-order valence-corrected chi connectivity index (χ3v) is 4.05. The molecule has 2 unspecified atom stereocenters. The van der Waals surface area contributed by atoms with Crippen LogP contribution in [-0.2, 0) is 5.41 Å². The molecule has 0 aromatic heterocycles. The number of benzene rings is 1. The Labute approximate surface area is 124 Å². The van der Waals surface area contributed by atoms with Gasteiger partial charge in [0.1, 0.15) is 0 Å². The summed E-state index contributed by atoms with van der Waals surface area (Å²) in [5, 5.41) is 12.6. The highest BCUT2D eigenvalue weighted by atomic mass is 16.3. The van der Waals surface area contributed by atoms with Crippen LogP contribution in [0.2, 0.25) is 0 Å². The van der Waals surface area contributed by atoms with Crippen molar-refractivity contribution < 1.29 is 5.11 Å². The summed E-state index contributed by atoms with van der Waals surface area (Å²) in [5.41, 5.74) is 1.61. The smallest absolute Gasteiger partial charge is 0.0456 e. The fourth-order valence-electron chi connectivity index (χ4n) is 2.74. The molecule has 0 aliphatic carbocycles. The van der Waals surface area contributed by atoms with Crippen LogP contribution in [0.3, 0.4) is 0 Å². The maximum absolute atomic E-state index is 9.00. The number of rotatable bonds is 9. The number of hydrogen-bond donors (Lipinski definition) is 2. The van der Waals surface area contributed by atoms with Crippen LogP contribution in [-0.4, -0.2) is 24.3 Å². The zero-order chi connectivity index (χ0) is 15.0. The first-order chi connectivity index (χ1) is 9.45. The molecule has 20 heavy (non-hydrogen) atoms. The molecule has 2 heteroatoms. The van der Waals surface area contributed by atoms with E-state index in [9.17, 15) is 0 Å². The van der Waals surface area contributed by atoms with Gasteiger partial charge in [-0.05, 0) is 49.6 Å². The zero-order valence-electron chi connectivity index (χ0n) is 13.5. The average Bonchev–Trinajstić information content (AvgIpc) is 2.43. The van der Waals surface area contributed by atoms with Gasteiger partial charge in [0, 0.05) is 12.6 Å². The Balaban J connectivity index is 2.32. The molecular formula is C18H31NO. The third-order valence-electron chi connectivity index (χ3n) is 4.05. The first-order valence-electron chi connectivity index (χ1n) is 7.85. The van der Waals surface area contributed by atoms with E-state index in [2.05, 4.69) is 63.3 Å². The molecule has 0 aliphatic heterocycles. The summed E-state index contributed by atoms with van der Waals surface area (Å²) >= 11 is 0. The molecule has 2 nitrogen and oxygen atoms in total. The van der Waals surface area contributed by atoms with E-state index >= 15 is 0 Å². The SMILES string of the molecule is CC(CO)CCCNC(C)CC(C)(C)c1ccccc1. The molecule has 0 fully saturated rings. The van der Waals surface area contributed by atoms with E-state index in [1.807, 2.05) is 0 Å². The molecule has 0 saturated heterocycles. The summed E-state index contributed by atoms with van der Waals surface area (Å²) in [7, 11) is 0. The molecular weight excluding hydrogens is 246 g/mol. The number of aliphatic hydroxyl groups is 1. The topological polar surface area (TPSA) is 32.3 Å². The van der Waals surface area contributed by atoms with Crippen molar-refractivity contribution in [1.29, 1.82) is 0 Å². The molecule has 0 aliphatic rings. The first kappa shape index (κ1) is 17.2. The Kier molecular flexibility index (Phi) is 7.25. The van der Waals surface area contributed by atoms with Crippen LogP contribution in [0.5, 0.6) is 0 Å². The summed E-state index contributed by atoms with van der Waals surface area (Å²) in [6.45, 7) is 10.3. The summed E-state index contributed by atoms with van der Waals surface area (Å²) < 4.78 is 0. The Morgan fingerprint density at radius 3 is 2.40 bits per heavy atom. The normalized spacial score (nSPS) is 15.1. The highest BCUT2D eigenvalue weighted by molar-refractivity contribution is 5.23. The lowest BCUT2D eigenvalue weighted by atomic mass is 9.79. The molecule has 114 valence electrons. The van der Waals surface area contributed by atoms with Gasteiger partial charge >= 0.3 is 0 Å². The van der Waals surface area contributed by atoms with Crippen molar-refractivity contribution in [1.82, 2.24) is 5.32 Å². The Bertz CT molecular complexity index is 361. The molecule has 1 aromatic rings. The van der Waals surface area contributed by atoms with Gasteiger partial charge in [-0.15, -0.1) is 0 Å². The summed E-state index contributed by atoms with van der Waals surface area (Å²) in [5.74, 6) is 0.424. The van der Waals surface area contributed by atoms with E-state index in [4.69, 9.17) is 5.11 Å². The quantitative estimate of drug-likeness (QED) is 0.674. The number of nitrogens with one attached hydrogen (secondary N) is 1. The van der Waals surface area contributed by atoms with Crippen LogP contribution < -0.4 is 5.32 Å². The summed E-state index contributed by atoms with van der Waals surface area (Å²) in [6.07, 6.45) is 3.36. The molecule has 1 aromatic carbocycles. The van der Waals surface area contributed by atoms with Gasteiger partial charge in [-0.3, -0.25) is 0 Å². The van der Waals surface area contributed by atoms with Crippen molar-refractivity contribution in [3.05, 3.63) is 35.9 Å². The largest absolute Gasteiger partial charge is 0.396 e. The van der Waals surface area contributed by atoms with E-state index < -0.39 is 0 Å². The van der Waals surface area contributed by atoms with E-state index in [0.29, 0.717) is 18.6 Å². The lowest BCUT2D eigenvalue weighted by Crippen LogP contribution is -2.34. The standard InChI is InChI=1S/C18H31NO/c1-15(14-20)9-8-12-19-16(2)13-18(3,4)17-10-6-5-7-11-17/h5-7,10-11,15-16,19-20H,8-9,12-14H2,1-4H3. The highest BCUT2D eigenvalue weighted by Crippen LogP contribution is 2.28. The molecule has 0 spiro atoms. The van der Waals surface area contributed by atoms with Crippen LogP contribution in [0.1, 0.15) is 52.5 Å². The van der Waals surface area contributed by atoms with Crippen molar-refractivity contribution in [2.45, 2.75) is 58.4 Å². The second-order valence-corrected chi connectivity index (χ2v) is 6.74. The van der Waals surface area contributed by atoms with Gasteiger partial charge in [-0.2, -0.15) is 0 Å². The van der Waals surface area contributed by atoms with Crippen molar-refractivity contribution in [3.63, 3.8) is 0 Å². The van der Waals surface area contributed by atoms with Crippen molar-refractivity contribution in [3.8, 4) is 0 Å². The van der Waals surface area contributed by atoms with Crippen LogP contribution in [0, 0.1) is 5.92 Å². The fraction of sp³-hybridized carbons (Fsp3) is 0.667. The number of aliphatic hydroxyl groups excluding tert-OH is 1. The third kappa shape index (κ3) is 6.06. The van der Waals surface area contributed by atoms with Crippen LogP contribution in [0.15, 0.2) is 30.3 Å². The Morgan fingerprint density at radius 2 is 1.80 bits per heavy atom. The maximum Gasteiger partial charge on any atom is 0.0456 e. The van der Waals surface area contributed by atoms with E-state index in [1.54, 1.807) is 0 Å². The lowest BCUT2D eigenvalue weighted by molar-refractivity contribution is 0.227. The van der Waals surface area contributed by atoms with Gasteiger partial charge in [-0.1, -0.05) is 51.1 Å². The molecule has 2 N–H and O–H groups in total. The minimum absolute atomic E-state index is 0.200. The Hall–Kier alpha value is -0.860. The van der Waals surface area contributed by atoms with Crippen molar-refractivity contribution in [2.24, 2.45) is 5.92 Å². The predicted octanol–water partition coefficient (Wildman–Crippen LogP) is 3.74. The first-order valence-corrected chi connectivity index (χ1v) is 7.85. The molecule has 2 atom stereocenters. The fourth-order valence-corrected chi connectivity index (χ4v) is 2.74. The lowest BCUT2D eigenvalue weighted by Gasteiger charge is -2.29. The second-order valence-electron chi connectivity index (χ2n) is 6.74. The highest BCUT2D eigenvalue weighted by Gasteiger charge is 2.22. The van der Waals surface area contributed by atoms with Gasteiger partial charge in [0.25, 0.3) is 0 Å². The van der Waals surface area contributed by atoms with Crippen molar-refractivity contribution >= 4 is 0 Å². The van der Waals surface area contributed by atoms with Crippen LogP contribution in [0.25, 0.3) is 0 Å². The average molecular weight is 277 g/mol. The van der Waals surface area contributed by atoms with Gasteiger partial charge < -0.3 is 10.4 Å². The minimum atomic E-state index is 0.200. The molecule has 0 radical (unpaired) electrons. The molecule has 1 rings (SSSR count). The van der Waals surface area contributed by atoms with E-state index in [0.717, 1.165) is 25.8 Å². The van der Waals surface area contributed by atoms with Gasteiger partial charge in [0.05, 0.1) is 0 Å². The van der Waals surface area contributed by atoms with Gasteiger partial charge in [-0.25, -0.2) is 0 Å². The summed E-state index contributed by atoms with van der Waals surface area (Å²) in [4.78, 5) is 0. The zero-order valence-corrected chi connectivity index (χ0v) is 13.5. The predicted molar refractivity (Wildman–Crippen MR) is 87.0 cm³/mol. The Morgan fingerprint density at radius 1 is 1.15 bits per heavy atom. The van der Waals surface area contributed by atoms with Gasteiger partial charge in [0.2, 0.25) is 0 Å². The van der Waals surface area contributed by atoms with E-state index in [1.165, 1.54) is 5.56 Å². The monoisotopic (exact) mass is 277 g/mol. The minimum Gasteiger partial charge on any atom is -0.396 e. The van der Waals surface area contributed by atoms with Crippen LogP contribution in [0.4, 0.5) is 0 Å². The van der Waals surface area contributed by atoms with Crippen LogP contribution >= 0.6 is 0 Å². The van der Waals surface area contributed by atoms with E-state index in [-0.39, 0.29) is 5.41 Å². The molecule has 0 saturated carbocycles. The maximum atomic E-state index is 9.00. The number of hydrogen-bond acceptors (Lipinski definition) is 2. The molecule has 0 bridgehead atoms. The summed E-state index contributed by atoms with van der Waals surface area (Å²) in [6, 6.07) is 11.3. The van der Waals surface area contributed by atoms with Gasteiger partial charge in [0.15, 0.2) is 0 Å². The molecule has 0 amide bonds.